The van der Waals surface area contributed by atoms with E-state index in [1.807, 2.05) is 24.3 Å². The molecule has 0 fully saturated rings. The third-order valence-corrected chi connectivity index (χ3v) is 2.57. The molecule has 0 saturated heterocycles. The number of para-hydroxylation sites is 1. The first-order valence-electron chi connectivity index (χ1n) is 6.18. The average molecular weight is 238 g/mol. The van der Waals surface area contributed by atoms with Crippen LogP contribution in [0.3, 0.4) is 0 Å². The Morgan fingerprint density at radius 2 is 2.00 bits per heavy atom. The van der Waals surface area contributed by atoms with Crippen LogP contribution in [0.25, 0.3) is 0 Å². The minimum atomic E-state index is -0.474. The molecular formula is C14H22O3. The number of rotatable bonds is 8. The van der Waals surface area contributed by atoms with Crippen molar-refractivity contribution in [3.63, 3.8) is 0 Å². The Kier molecular flexibility index (Phi) is 6.67. The van der Waals surface area contributed by atoms with Gasteiger partial charge in [-0.15, -0.1) is 0 Å². The van der Waals surface area contributed by atoms with E-state index in [2.05, 4.69) is 6.92 Å². The highest BCUT2D eigenvalue weighted by molar-refractivity contribution is 5.35. The molecule has 0 heterocycles. The van der Waals surface area contributed by atoms with Gasteiger partial charge in [0.15, 0.2) is 0 Å². The highest BCUT2D eigenvalue weighted by Crippen LogP contribution is 2.27. The Bertz CT molecular complexity index is 312. The minimum Gasteiger partial charge on any atom is -0.493 e. The molecule has 96 valence electrons. The normalized spacial score (nSPS) is 12.4. The highest BCUT2D eigenvalue weighted by atomic mass is 16.5. The summed E-state index contributed by atoms with van der Waals surface area (Å²) in [5.41, 5.74) is 0.872. The van der Waals surface area contributed by atoms with E-state index in [9.17, 15) is 5.11 Å². The number of methoxy groups -OCH3 is 1. The average Bonchev–Trinajstić information content (AvgIpc) is 2.37. The van der Waals surface area contributed by atoms with Crippen molar-refractivity contribution in [3.05, 3.63) is 29.8 Å². The molecule has 1 aromatic carbocycles. The van der Waals surface area contributed by atoms with Crippen molar-refractivity contribution < 1.29 is 14.6 Å². The molecule has 0 amide bonds. The van der Waals surface area contributed by atoms with E-state index in [-0.39, 0.29) is 0 Å². The van der Waals surface area contributed by atoms with Gasteiger partial charge in [-0.05, 0) is 25.3 Å². The minimum absolute atomic E-state index is 0.474. The Balaban J connectivity index is 2.60. The first kappa shape index (κ1) is 14.0. The first-order chi connectivity index (χ1) is 8.29. The van der Waals surface area contributed by atoms with Gasteiger partial charge in [0.2, 0.25) is 0 Å². The van der Waals surface area contributed by atoms with E-state index in [0.717, 1.165) is 24.2 Å². The zero-order valence-corrected chi connectivity index (χ0v) is 10.7. The second-order valence-corrected chi connectivity index (χ2v) is 4.04. The molecule has 17 heavy (non-hydrogen) atoms. The van der Waals surface area contributed by atoms with Crippen molar-refractivity contribution in [3.8, 4) is 5.75 Å². The van der Waals surface area contributed by atoms with Gasteiger partial charge in [0.05, 0.1) is 12.7 Å². The molecule has 0 radical (unpaired) electrons. The molecule has 0 spiro atoms. The molecule has 0 saturated carbocycles. The van der Waals surface area contributed by atoms with Crippen molar-refractivity contribution in [2.75, 3.05) is 20.3 Å². The van der Waals surface area contributed by atoms with Crippen molar-refractivity contribution in [2.45, 2.75) is 32.3 Å². The number of hydrogen-bond donors (Lipinski definition) is 1. The highest BCUT2D eigenvalue weighted by Gasteiger charge is 2.12. The lowest BCUT2D eigenvalue weighted by atomic mass is 10.0. The molecular weight excluding hydrogens is 216 g/mol. The largest absolute Gasteiger partial charge is 0.493 e. The Labute approximate surface area is 103 Å². The maximum Gasteiger partial charge on any atom is 0.125 e. The van der Waals surface area contributed by atoms with E-state index in [1.165, 1.54) is 0 Å². The van der Waals surface area contributed by atoms with E-state index < -0.39 is 6.10 Å². The maximum absolute atomic E-state index is 10.1. The summed E-state index contributed by atoms with van der Waals surface area (Å²) in [7, 11) is 1.67. The molecule has 0 aliphatic rings. The Hall–Kier alpha value is -1.06. The van der Waals surface area contributed by atoms with Gasteiger partial charge in [-0.3, -0.25) is 0 Å². The summed E-state index contributed by atoms with van der Waals surface area (Å²) >= 11 is 0. The van der Waals surface area contributed by atoms with Gasteiger partial charge in [0.1, 0.15) is 5.75 Å². The zero-order valence-electron chi connectivity index (χ0n) is 10.7. The van der Waals surface area contributed by atoms with Gasteiger partial charge >= 0.3 is 0 Å². The van der Waals surface area contributed by atoms with Crippen LogP contribution < -0.4 is 4.74 Å². The number of aliphatic hydroxyl groups is 1. The molecule has 0 aromatic heterocycles. The second kappa shape index (κ2) is 8.09. The van der Waals surface area contributed by atoms with Crippen LogP contribution in [0.4, 0.5) is 0 Å². The Morgan fingerprint density at radius 3 is 2.71 bits per heavy atom. The van der Waals surface area contributed by atoms with Gasteiger partial charge in [-0.1, -0.05) is 25.1 Å². The molecule has 1 N–H and O–H groups in total. The standard InChI is InChI=1S/C14H22O3/c1-3-10-17-14-9-5-4-7-12(14)13(15)8-6-11-16-2/h4-5,7,9,13,15H,3,6,8,10-11H2,1-2H3. The summed E-state index contributed by atoms with van der Waals surface area (Å²) in [5.74, 6) is 0.791. The fraction of sp³-hybridized carbons (Fsp3) is 0.571. The SMILES string of the molecule is CCCOc1ccccc1C(O)CCCOC. The predicted octanol–water partition coefficient (Wildman–Crippen LogP) is 2.94. The fourth-order valence-electron chi connectivity index (χ4n) is 1.68. The van der Waals surface area contributed by atoms with Gasteiger partial charge in [-0.2, -0.15) is 0 Å². The summed E-state index contributed by atoms with van der Waals surface area (Å²) in [4.78, 5) is 0. The zero-order chi connectivity index (χ0) is 12.5. The molecule has 3 heteroatoms. The van der Waals surface area contributed by atoms with Crippen molar-refractivity contribution >= 4 is 0 Å². The van der Waals surface area contributed by atoms with Gasteiger partial charge in [0.25, 0.3) is 0 Å². The van der Waals surface area contributed by atoms with Crippen molar-refractivity contribution in [2.24, 2.45) is 0 Å². The number of aliphatic hydroxyl groups excluding tert-OH is 1. The van der Waals surface area contributed by atoms with Crippen LogP contribution in [0.1, 0.15) is 37.9 Å². The number of benzene rings is 1. The smallest absolute Gasteiger partial charge is 0.125 e. The first-order valence-corrected chi connectivity index (χ1v) is 6.18. The molecule has 1 unspecified atom stereocenters. The summed E-state index contributed by atoms with van der Waals surface area (Å²) < 4.78 is 10.6. The summed E-state index contributed by atoms with van der Waals surface area (Å²) in [6.45, 7) is 3.43. The summed E-state index contributed by atoms with van der Waals surface area (Å²) in [6, 6.07) is 7.68. The van der Waals surface area contributed by atoms with Crippen LogP contribution in [0.2, 0.25) is 0 Å². The third kappa shape index (κ3) is 4.75. The third-order valence-electron chi connectivity index (χ3n) is 2.57. The number of hydrogen-bond acceptors (Lipinski definition) is 3. The quantitative estimate of drug-likeness (QED) is 0.708. The predicted molar refractivity (Wildman–Crippen MR) is 68.3 cm³/mol. The lowest BCUT2D eigenvalue weighted by molar-refractivity contribution is 0.133. The van der Waals surface area contributed by atoms with Crippen LogP contribution in [0, 0.1) is 0 Å². The van der Waals surface area contributed by atoms with E-state index in [0.29, 0.717) is 19.6 Å². The second-order valence-electron chi connectivity index (χ2n) is 4.04. The molecule has 1 atom stereocenters. The van der Waals surface area contributed by atoms with Gasteiger partial charge < -0.3 is 14.6 Å². The molecule has 0 aliphatic carbocycles. The van der Waals surface area contributed by atoms with Gasteiger partial charge in [0, 0.05) is 19.3 Å². The van der Waals surface area contributed by atoms with Crippen LogP contribution in [-0.4, -0.2) is 25.4 Å². The van der Waals surface area contributed by atoms with E-state index >= 15 is 0 Å². The van der Waals surface area contributed by atoms with Crippen LogP contribution in [0.5, 0.6) is 5.75 Å². The van der Waals surface area contributed by atoms with E-state index in [4.69, 9.17) is 9.47 Å². The van der Waals surface area contributed by atoms with Crippen LogP contribution in [0.15, 0.2) is 24.3 Å². The monoisotopic (exact) mass is 238 g/mol. The molecule has 1 rings (SSSR count). The molecule has 0 aliphatic heterocycles. The lowest BCUT2D eigenvalue weighted by Crippen LogP contribution is -2.04. The topological polar surface area (TPSA) is 38.7 Å². The maximum atomic E-state index is 10.1. The summed E-state index contributed by atoms with van der Waals surface area (Å²) in [6.07, 6.45) is 2.03. The lowest BCUT2D eigenvalue weighted by Gasteiger charge is -2.15. The van der Waals surface area contributed by atoms with Crippen molar-refractivity contribution in [1.82, 2.24) is 0 Å². The molecule has 0 bridgehead atoms. The van der Waals surface area contributed by atoms with Crippen LogP contribution >= 0.6 is 0 Å². The number of ether oxygens (including phenoxy) is 2. The molecule has 1 aromatic rings. The molecule has 3 nitrogen and oxygen atoms in total. The Morgan fingerprint density at radius 1 is 1.24 bits per heavy atom. The van der Waals surface area contributed by atoms with Gasteiger partial charge in [-0.25, -0.2) is 0 Å². The summed E-state index contributed by atoms with van der Waals surface area (Å²) in [5, 5.41) is 10.1. The van der Waals surface area contributed by atoms with Crippen LogP contribution in [-0.2, 0) is 4.74 Å². The van der Waals surface area contributed by atoms with E-state index in [1.54, 1.807) is 7.11 Å². The van der Waals surface area contributed by atoms with Crippen molar-refractivity contribution in [1.29, 1.82) is 0 Å². The fourth-order valence-corrected chi connectivity index (χ4v) is 1.68.